The molecule has 2 aromatic carbocycles. The van der Waals surface area contributed by atoms with Gasteiger partial charge in [-0.25, -0.2) is 9.78 Å². The lowest BCUT2D eigenvalue weighted by Crippen LogP contribution is -2.15. The number of hydrogen-bond donors (Lipinski definition) is 1. The fourth-order valence-corrected chi connectivity index (χ4v) is 4.69. The van der Waals surface area contributed by atoms with Gasteiger partial charge in [-0.2, -0.15) is 5.21 Å². The molecule has 0 radical (unpaired) electrons. The Morgan fingerprint density at radius 1 is 1.18 bits per heavy atom. The van der Waals surface area contributed by atoms with Crippen LogP contribution in [0, 0.1) is 13.8 Å². The summed E-state index contributed by atoms with van der Waals surface area (Å²) in [6.07, 6.45) is 0. The summed E-state index contributed by atoms with van der Waals surface area (Å²) in [6, 6.07) is 13.7. The number of nitrogens with one attached hydrogen (secondary N) is 1. The number of furan rings is 1. The van der Waals surface area contributed by atoms with E-state index in [1.54, 1.807) is 6.92 Å². The summed E-state index contributed by atoms with van der Waals surface area (Å²) in [4.78, 5) is 17.0. The van der Waals surface area contributed by atoms with Crippen molar-refractivity contribution in [3.05, 3.63) is 69.7 Å². The molecule has 0 aliphatic heterocycles. The lowest BCUT2D eigenvalue weighted by Gasteiger charge is -2.10. The number of hydrogen-bond acceptors (Lipinski definition) is 7. The van der Waals surface area contributed by atoms with Gasteiger partial charge in [-0.15, -0.1) is 10.2 Å². The first-order valence-electron chi connectivity index (χ1n) is 10.7. The normalized spacial score (nSPS) is 11.3. The van der Waals surface area contributed by atoms with Gasteiger partial charge in [-0.05, 0) is 59.6 Å². The Morgan fingerprint density at radius 2 is 1.97 bits per heavy atom. The lowest BCUT2D eigenvalue weighted by atomic mass is 10.0. The topological polar surface area (TPSA) is 112 Å². The van der Waals surface area contributed by atoms with Crippen molar-refractivity contribution in [2.75, 3.05) is 6.61 Å². The summed E-state index contributed by atoms with van der Waals surface area (Å²) in [7, 11) is 0. The van der Waals surface area contributed by atoms with Gasteiger partial charge in [0.2, 0.25) is 5.82 Å². The van der Waals surface area contributed by atoms with Crippen molar-refractivity contribution < 1.29 is 13.9 Å². The number of imidazole rings is 1. The summed E-state index contributed by atoms with van der Waals surface area (Å²) in [5.41, 5.74) is 4.51. The second-order valence-electron chi connectivity index (χ2n) is 7.76. The van der Waals surface area contributed by atoms with Crippen molar-refractivity contribution in [1.82, 2.24) is 30.2 Å². The highest BCUT2D eigenvalue weighted by Gasteiger charge is 2.22. The van der Waals surface area contributed by atoms with Gasteiger partial charge in [-0.1, -0.05) is 30.3 Å². The third-order valence-corrected chi connectivity index (χ3v) is 6.38. The number of benzene rings is 2. The van der Waals surface area contributed by atoms with Gasteiger partial charge >= 0.3 is 5.97 Å². The van der Waals surface area contributed by atoms with E-state index in [2.05, 4.69) is 41.5 Å². The Bertz CT molecular complexity index is 1500. The van der Waals surface area contributed by atoms with Crippen molar-refractivity contribution in [3.8, 4) is 22.7 Å². The predicted molar refractivity (Wildman–Crippen MR) is 129 cm³/mol. The fourth-order valence-electron chi connectivity index (χ4n) is 4.08. The van der Waals surface area contributed by atoms with Gasteiger partial charge in [-0.3, -0.25) is 0 Å². The van der Waals surface area contributed by atoms with E-state index in [1.807, 2.05) is 60.9 Å². The highest BCUT2D eigenvalue weighted by molar-refractivity contribution is 9.10. The molecule has 0 aliphatic carbocycles. The molecule has 0 fully saturated rings. The quantitative estimate of drug-likeness (QED) is 0.310. The molecule has 0 aliphatic rings. The zero-order chi connectivity index (χ0) is 23.8. The summed E-state index contributed by atoms with van der Waals surface area (Å²) < 4.78 is 14.2. The summed E-state index contributed by atoms with van der Waals surface area (Å²) >= 11 is 3.73. The number of rotatable bonds is 6. The zero-order valence-electron chi connectivity index (χ0n) is 18.8. The smallest absolute Gasteiger partial charge is 0.356 e. The van der Waals surface area contributed by atoms with Crippen molar-refractivity contribution in [3.63, 3.8) is 0 Å². The van der Waals surface area contributed by atoms with E-state index in [4.69, 9.17) is 9.15 Å². The molecular formula is C24H21BrN6O3. The molecule has 3 aromatic heterocycles. The van der Waals surface area contributed by atoms with Gasteiger partial charge in [0.05, 0.1) is 16.8 Å². The van der Waals surface area contributed by atoms with Crippen LogP contribution in [0.3, 0.4) is 0 Å². The van der Waals surface area contributed by atoms with E-state index >= 15 is 0 Å². The molecule has 0 amide bonds. The van der Waals surface area contributed by atoms with Crippen LogP contribution in [0.15, 0.2) is 51.4 Å². The number of fused-ring (bicyclic) bond motifs is 1. The molecule has 34 heavy (non-hydrogen) atoms. The average molecular weight is 521 g/mol. The summed E-state index contributed by atoms with van der Waals surface area (Å²) in [5.74, 6) is 1.55. The Hall–Kier alpha value is -3.79. The van der Waals surface area contributed by atoms with Crippen LogP contribution in [0.4, 0.5) is 0 Å². The molecule has 5 rings (SSSR count). The molecular weight excluding hydrogens is 500 g/mol. The molecule has 9 nitrogen and oxygen atoms in total. The van der Waals surface area contributed by atoms with Gasteiger partial charge in [0.1, 0.15) is 17.2 Å². The summed E-state index contributed by atoms with van der Waals surface area (Å²) in [6.45, 7) is 6.28. The Balaban J connectivity index is 1.56. The molecule has 0 saturated carbocycles. The van der Waals surface area contributed by atoms with Crippen LogP contribution < -0.4 is 0 Å². The van der Waals surface area contributed by atoms with Gasteiger partial charge in [0.15, 0.2) is 5.69 Å². The van der Waals surface area contributed by atoms with Crippen molar-refractivity contribution >= 4 is 32.9 Å². The number of nitrogens with zero attached hydrogens (tertiary/aromatic N) is 5. The maximum absolute atomic E-state index is 12.5. The molecule has 3 heterocycles. The van der Waals surface area contributed by atoms with Gasteiger partial charge < -0.3 is 13.7 Å². The first kappa shape index (κ1) is 22.0. The van der Waals surface area contributed by atoms with Crippen molar-refractivity contribution in [1.29, 1.82) is 0 Å². The van der Waals surface area contributed by atoms with Crippen LogP contribution >= 0.6 is 15.9 Å². The highest BCUT2D eigenvalue weighted by atomic mass is 79.9. The van der Waals surface area contributed by atoms with Crippen LogP contribution in [0.1, 0.15) is 34.5 Å². The number of aromatic amines is 1. The van der Waals surface area contributed by atoms with Crippen LogP contribution in [-0.4, -0.2) is 42.8 Å². The Morgan fingerprint density at radius 3 is 2.71 bits per heavy atom. The summed E-state index contributed by atoms with van der Waals surface area (Å²) in [5, 5.41) is 15.3. The minimum absolute atomic E-state index is 0.310. The molecule has 5 aromatic rings. The van der Waals surface area contributed by atoms with Crippen LogP contribution in [0.5, 0.6) is 0 Å². The third-order valence-electron chi connectivity index (χ3n) is 5.59. The van der Waals surface area contributed by atoms with E-state index in [0.717, 1.165) is 38.0 Å². The largest absolute Gasteiger partial charge is 0.461 e. The molecule has 0 atom stereocenters. The number of H-pyrrole nitrogens is 1. The molecule has 10 heteroatoms. The van der Waals surface area contributed by atoms with Crippen LogP contribution in [-0.2, 0) is 11.3 Å². The predicted octanol–water partition coefficient (Wildman–Crippen LogP) is 5.08. The first-order chi connectivity index (χ1) is 16.5. The third kappa shape index (κ3) is 3.79. The van der Waals surface area contributed by atoms with Crippen LogP contribution in [0.25, 0.3) is 33.7 Å². The van der Waals surface area contributed by atoms with E-state index < -0.39 is 0 Å². The number of ether oxygens (including phenoxy) is 1. The molecule has 0 spiro atoms. The lowest BCUT2D eigenvalue weighted by molar-refractivity contribution is 0.0513. The van der Waals surface area contributed by atoms with Gasteiger partial charge in [0.25, 0.3) is 0 Å². The van der Waals surface area contributed by atoms with Gasteiger partial charge in [0, 0.05) is 23.1 Å². The van der Waals surface area contributed by atoms with Crippen molar-refractivity contribution in [2.45, 2.75) is 27.3 Å². The Kier molecular flexibility index (Phi) is 5.74. The monoisotopic (exact) mass is 520 g/mol. The minimum Gasteiger partial charge on any atom is -0.461 e. The second-order valence-corrected chi connectivity index (χ2v) is 8.55. The van der Waals surface area contributed by atoms with E-state index in [1.165, 1.54) is 0 Å². The van der Waals surface area contributed by atoms with Crippen molar-refractivity contribution in [2.24, 2.45) is 0 Å². The zero-order valence-corrected chi connectivity index (χ0v) is 20.4. The minimum atomic E-state index is -0.369. The standard InChI is InChI=1S/C24H21BrN6O3/c1-4-33-24(32)21-13(2)26-14(3)31(21)12-15-9-10-19-18(11-15)20(25)22(34-19)16-7-5-6-8-17(16)23-27-29-30-28-23/h5-11H,4,12H2,1-3H3,(H,27,28,29,30). The second kappa shape index (κ2) is 8.86. The maximum atomic E-state index is 12.5. The maximum Gasteiger partial charge on any atom is 0.356 e. The number of esters is 1. The van der Waals surface area contributed by atoms with E-state index in [0.29, 0.717) is 36.1 Å². The molecule has 0 saturated heterocycles. The van der Waals surface area contributed by atoms with Crippen LogP contribution in [0.2, 0.25) is 0 Å². The number of carbonyl (C=O) groups is 1. The average Bonchev–Trinajstić information content (AvgIpc) is 3.53. The first-order valence-corrected chi connectivity index (χ1v) is 11.5. The molecule has 0 bridgehead atoms. The van der Waals surface area contributed by atoms with E-state index in [9.17, 15) is 4.79 Å². The molecule has 0 unspecified atom stereocenters. The number of tetrazole rings is 1. The number of halogens is 1. The van der Waals surface area contributed by atoms with E-state index in [-0.39, 0.29) is 5.97 Å². The Labute approximate surface area is 203 Å². The molecule has 172 valence electrons. The highest BCUT2D eigenvalue weighted by Crippen LogP contribution is 2.41. The number of aromatic nitrogens is 6. The number of aryl methyl sites for hydroxylation is 2. The number of carbonyl (C=O) groups excluding carboxylic acids is 1. The fraction of sp³-hybridized carbons (Fsp3) is 0.208. The SMILES string of the molecule is CCOC(=O)c1c(C)nc(C)n1Cc1ccc2oc(-c3ccccc3-c3nn[nH]n3)c(Br)c2c1. The molecule has 1 N–H and O–H groups in total.